The van der Waals surface area contributed by atoms with E-state index in [4.69, 9.17) is 15.0 Å². The van der Waals surface area contributed by atoms with Crippen molar-refractivity contribution in [1.82, 2.24) is 10.1 Å². The second-order valence-electron chi connectivity index (χ2n) is 4.47. The van der Waals surface area contributed by atoms with Crippen LogP contribution in [0.5, 0.6) is 0 Å². The van der Waals surface area contributed by atoms with Gasteiger partial charge in [-0.05, 0) is 12.1 Å². The van der Waals surface area contributed by atoms with Gasteiger partial charge in [-0.2, -0.15) is 4.98 Å². The molecule has 1 atom stereocenters. The summed E-state index contributed by atoms with van der Waals surface area (Å²) in [5.74, 6) is 0.957. The van der Waals surface area contributed by atoms with Crippen LogP contribution in [-0.2, 0) is 11.2 Å². The highest BCUT2D eigenvalue weighted by molar-refractivity contribution is 5.28. The van der Waals surface area contributed by atoms with E-state index in [9.17, 15) is 5.11 Å². The van der Waals surface area contributed by atoms with Crippen molar-refractivity contribution in [3.63, 3.8) is 0 Å². The summed E-state index contributed by atoms with van der Waals surface area (Å²) in [6.07, 6.45) is 0.265. The van der Waals surface area contributed by atoms with E-state index in [1.807, 2.05) is 4.90 Å². The first-order valence-electron chi connectivity index (χ1n) is 5.68. The molecule has 0 aliphatic carbocycles. The molecule has 1 fully saturated rings. The summed E-state index contributed by atoms with van der Waals surface area (Å²) >= 11 is 0. The second kappa shape index (κ2) is 4.99. The summed E-state index contributed by atoms with van der Waals surface area (Å²) in [5, 5.41) is 13.7. The van der Waals surface area contributed by atoms with Crippen LogP contribution in [0.1, 0.15) is 12.8 Å². The third kappa shape index (κ3) is 3.15. The van der Waals surface area contributed by atoms with Crippen LogP contribution in [0.25, 0.3) is 0 Å². The van der Waals surface area contributed by atoms with Crippen molar-refractivity contribution in [2.45, 2.75) is 18.9 Å². The van der Waals surface area contributed by atoms with Crippen molar-refractivity contribution in [1.29, 1.82) is 0 Å². The molecular formula is C10H18N4O3. The van der Waals surface area contributed by atoms with Crippen molar-refractivity contribution in [2.24, 2.45) is 5.73 Å². The van der Waals surface area contributed by atoms with Gasteiger partial charge in [0.2, 0.25) is 5.89 Å². The minimum Gasteiger partial charge on any atom is -0.388 e. The molecule has 1 aromatic rings. The molecule has 7 nitrogen and oxygen atoms in total. The standard InChI is InChI=1S/C10H18N4O3/c1-10(15,7-11)6-8-12-9(13-17-8)14-2-4-16-5-3-14/h15H,2-7,11H2,1H3. The monoisotopic (exact) mass is 242 g/mol. The Balaban J connectivity index is 2.00. The van der Waals surface area contributed by atoms with Gasteiger partial charge in [0.05, 0.1) is 25.2 Å². The van der Waals surface area contributed by atoms with Crippen molar-refractivity contribution in [2.75, 3.05) is 37.7 Å². The first kappa shape index (κ1) is 12.3. The molecule has 1 aromatic heterocycles. The molecule has 0 aromatic carbocycles. The Morgan fingerprint density at radius 2 is 2.18 bits per heavy atom. The summed E-state index contributed by atoms with van der Waals surface area (Å²) in [7, 11) is 0. The molecule has 0 spiro atoms. The van der Waals surface area contributed by atoms with Gasteiger partial charge < -0.3 is 25.0 Å². The zero-order valence-corrected chi connectivity index (χ0v) is 9.93. The molecule has 1 saturated heterocycles. The fourth-order valence-corrected chi connectivity index (χ4v) is 1.61. The quantitative estimate of drug-likeness (QED) is 0.710. The minimum absolute atomic E-state index is 0.155. The van der Waals surface area contributed by atoms with E-state index in [-0.39, 0.29) is 13.0 Å². The number of anilines is 1. The highest BCUT2D eigenvalue weighted by Gasteiger charge is 2.24. The zero-order chi connectivity index (χ0) is 12.3. The molecule has 3 N–H and O–H groups in total. The highest BCUT2D eigenvalue weighted by Crippen LogP contribution is 2.15. The molecule has 2 heterocycles. The van der Waals surface area contributed by atoms with Crippen LogP contribution in [0.4, 0.5) is 5.95 Å². The van der Waals surface area contributed by atoms with Gasteiger partial charge in [0, 0.05) is 19.6 Å². The minimum atomic E-state index is -1.01. The maximum absolute atomic E-state index is 9.81. The third-order valence-corrected chi connectivity index (χ3v) is 2.72. The van der Waals surface area contributed by atoms with E-state index < -0.39 is 5.60 Å². The largest absolute Gasteiger partial charge is 0.388 e. The lowest BCUT2D eigenvalue weighted by molar-refractivity contribution is 0.0610. The normalized spacial score (nSPS) is 20.3. The van der Waals surface area contributed by atoms with Crippen LogP contribution in [0.15, 0.2) is 4.52 Å². The maximum Gasteiger partial charge on any atom is 0.266 e. The van der Waals surface area contributed by atoms with Crippen LogP contribution >= 0.6 is 0 Å². The number of aliphatic hydroxyl groups is 1. The Morgan fingerprint density at radius 1 is 1.47 bits per heavy atom. The topological polar surface area (TPSA) is 97.6 Å². The van der Waals surface area contributed by atoms with E-state index in [0.29, 0.717) is 25.1 Å². The molecule has 0 radical (unpaired) electrons. The van der Waals surface area contributed by atoms with Gasteiger partial charge in [0.15, 0.2) is 0 Å². The summed E-state index contributed by atoms with van der Waals surface area (Å²) < 4.78 is 10.3. The number of nitrogens with zero attached hydrogens (tertiary/aromatic N) is 3. The van der Waals surface area contributed by atoms with Crippen LogP contribution in [0.3, 0.4) is 0 Å². The maximum atomic E-state index is 9.81. The van der Waals surface area contributed by atoms with E-state index in [1.165, 1.54) is 0 Å². The molecule has 0 saturated carbocycles. The highest BCUT2D eigenvalue weighted by atomic mass is 16.5. The molecule has 0 bridgehead atoms. The average Bonchev–Trinajstić information content (AvgIpc) is 2.78. The Kier molecular flexibility index (Phi) is 3.60. The van der Waals surface area contributed by atoms with Gasteiger partial charge in [-0.3, -0.25) is 0 Å². The smallest absolute Gasteiger partial charge is 0.266 e. The predicted octanol–water partition coefficient (Wildman–Crippen LogP) is -0.842. The lowest BCUT2D eigenvalue weighted by Crippen LogP contribution is -2.37. The van der Waals surface area contributed by atoms with Crippen LogP contribution < -0.4 is 10.6 Å². The molecule has 2 rings (SSSR count). The summed E-state index contributed by atoms with van der Waals surface area (Å²) in [5.41, 5.74) is 4.43. The molecule has 17 heavy (non-hydrogen) atoms. The van der Waals surface area contributed by atoms with E-state index in [1.54, 1.807) is 6.92 Å². The first-order chi connectivity index (χ1) is 8.11. The predicted molar refractivity (Wildman–Crippen MR) is 60.7 cm³/mol. The van der Waals surface area contributed by atoms with Gasteiger partial charge in [0.25, 0.3) is 5.95 Å². The van der Waals surface area contributed by atoms with Gasteiger partial charge in [0.1, 0.15) is 0 Å². The van der Waals surface area contributed by atoms with Crippen molar-refractivity contribution < 1.29 is 14.4 Å². The average molecular weight is 242 g/mol. The summed E-state index contributed by atoms with van der Waals surface area (Å²) in [6, 6.07) is 0. The Bertz CT molecular complexity index is 360. The molecule has 96 valence electrons. The van der Waals surface area contributed by atoms with Crippen LogP contribution in [-0.4, -0.2) is 53.7 Å². The second-order valence-corrected chi connectivity index (χ2v) is 4.47. The van der Waals surface area contributed by atoms with Gasteiger partial charge >= 0.3 is 0 Å². The van der Waals surface area contributed by atoms with E-state index >= 15 is 0 Å². The molecular weight excluding hydrogens is 224 g/mol. The van der Waals surface area contributed by atoms with E-state index in [0.717, 1.165) is 13.1 Å². The third-order valence-electron chi connectivity index (χ3n) is 2.72. The number of hydrogen-bond acceptors (Lipinski definition) is 7. The summed E-state index contributed by atoms with van der Waals surface area (Å²) in [6.45, 7) is 4.65. The van der Waals surface area contributed by atoms with Gasteiger partial charge in [-0.25, -0.2) is 0 Å². The molecule has 0 amide bonds. The Labute approximate surface area is 99.5 Å². The first-order valence-corrected chi connectivity index (χ1v) is 5.68. The van der Waals surface area contributed by atoms with Crippen molar-refractivity contribution >= 4 is 5.95 Å². The lowest BCUT2D eigenvalue weighted by atomic mass is 10.0. The zero-order valence-electron chi connectivity index (χ0n) is 9.93. The number of hydrogen-bond donors (Lipinski definition) is 2. The number of ether oxygens (including phenoxy) is 1. The molecule has 7 heteroatoms. The number of morpholine rings is 1. The number of nitrogens with two attached hydrogens (primary N) is 1. The van der Waals surface area contributed by atoms with Crippen LogP contribution in [0, 0.1) is 0 Å². The molecule has 1 aliphatic rings. The summed E-state index contributed by atoms with van der Waals surface area (Å²) in [4.78, 5) is 6.24. The molecule has 1 unspecified atom stereocenters. The van der Waals surface area contributed by atoms with Crippen molar-refractivity contribution in [3.05, 3.63) is 5.89 Å². The fourth-order valence-electron chi connectivity index (χ4n) is 1.61. The SMILES string of the molecule is CC(O)(CN)Cc1nc(N2CCOCC2)no1. The van der Waals surface area contributed by atoms with Gasteiger partial charge in [-0.15, -0.1) is 0 Å². The van der Waals surface area contributed by atoms with E-state index in [2.05, 4.69) is 10.1 Å². The van der Waals surface area contributed by atoms with Crippen molar-refractivity contribution in [3.8, 4) is 0 Å². The Hall–Kier alpha value is -1.18. The molecule has 1 aliphatic heterocycles. The lowest BCUT2D eigenvalue weighted by Gasteiger charge is -2.24. The fraction of sp³-hybridized carbons (Fsp3) is 0.800. The number of aromatic nitrogens is 2. The van der Waals surface area contributed by atoms with Crippen LogP contribution in [0.2, 0.25) is 0 Å². The Morgan fingerprint density at radius 3 is 2.82 bits per heavy atom. The van der Waals surface area contributed by atoms with Gasteiger partial charge in [-0.1, -0.05) is 0 Å². The number of rotatable bonds is 4.